The average Bonchev–Trinajstić information content (AvgIpc) is 2.77. The Bertz CT molecular complexity index is 531. The number of amides is 1. The summed E-state index contributed by atoms with van der Waals surface area (Å²) in [6, 6.07) is 3.40. The third kappa shape index (κ3) is 3.04. The van der Waals surface area contributed by atoms with Crippen molar-refractivity contribution in [1.29, 1.82) is 0 Å². The largest absolute Gasteiger partial charge is 1.00 e. The molecule has 1 saturated carbocycles. The van der Waals surface area contributed by atoms with E-state index in [1.165, 1.54) is 11.1 Å². The Kier molecular flexibility index (Phi) is 4.54. The molecule has 2 heterocycles. The molecule has 2 fully saturated rings. The Balaban J connectivity index is 0.00000161. The summed E-state index contributed by atoms with van der Waals surface area (Å²) >= 11 is 0. The number of anilines is 1. The molecule has 106 valence electrons. The van der Waals surface area contributed by atoms with Crippen LogP contribution >= 0.6 is 0 Å². The van der Waals surface area contributed by atoms with E-state index in [0.717, 1.165) is 0 Å². The van der Waals surface area contributed by atoms with Crippen LogP contribution in [0.3, 0.4) is 0 Å². The van der Waals surface area contributed by atoms with Gasteiger partial charge >= 0.3 is 25.0 Å². The quantitative estimate of drug-likeness (QED) is 0.541. The van der Waals surface area contributed by atoms with Crippen molar-refractivity contribution in [2.75, 3.05) is 11.4 Å². The molecule has 0 atom stereocenters. The van der Waals surface area contributed by atoms with E-state index in [9.17, 15) is 14.7 Å². The minimum atomic E-state index is -1.02. The molecule has 1 aromatic rings. The van der Waals surface area contributed by atoms with Crippen molar-refractivity contribution in [1.82, 2.24) is 10.2 Å². The molecule has 0 aromatic carbocycles. The molecular weight excluding hydrogens is 269 g/mol. The van der Waals surface area contributed by atoms with Crippen molar-refractivity contribution in [3.8, 4) is 0 Å². The predicted molar refractivity (Wildman–Crippen MR) is 65.6 cm³/mol. The van der Waals surface area contributed by atoms with Gasteiger partial charge in [0.2, 0.25) is 0 Å². The van der Waals surface area contributed by atoms with E-state index < -0.39 is 23.6 Å². The molecule has 7 nitrogen and oxygen atoms in total. The number of aliphatic carboxylic acids is 1. The molecule has 8 heteroatoms. The Morgan fingerprint density at radius 1 is 1.43 bits per heavy atom. The van der Waals surface area contributed by atoms with E-state index in [-0.39, 0.29) is 18.9 Å². The van der Waals surface area contributed by atoms with Crippen LogP contribution in [0.2, 0.25) is 0 Å². The van der Waals surface area contributed by atoms with Crippen LogP contribution in [-0.2, 0) is 9.53 Å². The summed E-state index contributed by atoms with van der Waals surface area (Å²) in [7, 11) is 0. The van der Waals surface area contributed by atoms with Crippen LogP contribution in [0.1, 0.15) is 25.7 Å². The zero-order valence-electron chi connectivity index (χ0n) is 11.8. The van der Waals surface area contributed by atoms with Gasteiger partial charge in [-0.15, -0.1) is 5.10 Å². The van der Waals surface area contributed by atoms with Crippen LogP contribution in [0.25, 0.3) is 0 Å². The number of rotatable bonds is 2. The number of hydrogen-bond donors (Lipinski definition) is 0. The molecule has 0 N–H and O–H groups in total. The number of ether oxygens (including phenoxy) is 1. The van der Waals surface area contributed by atoms with Gasteiger partial charge in [-0.1, -0.05) is 0 Å². The van der Waals surface area contributed by atoms with Gasteiger partial charge in [-0.3, -0.25) is 4.90 Å². The smallest absolute Gasteiger partial charge is 0.550 e. The second-order valence-corrected chi connectivity index (χ2v) is 5.31. The van der Waals surface area contributed by atoms with Gasteiger partial charge in [0.1, 0.15) is 5.60 Å². The summed E-state index contributed by atoms with van der Waals surface area (Å²) in [5.74, 6) is -1.00. The standard InChI is InChI=1S/C13H15N3O4.Li/c17-11(18)9-3-5-13(6-4-9)8-16(12(19)20-13)10-2-1-7-14-15-10;/h1-2,7,9H,3-6,8H2,(H,17,18);/q;+1/p-1/t9-,13-;. The van der Waals surface area contributed by atoms with Crippen molar-refractivity contribution in [2.45, 2.75) is 31.3 Å². The van der Waals surface area contributed by atoms with Crippen molar-refractivity contribution < 1.29 is 38.3 Å². The number of carbonyl (C=O) groups is 2. The molecule has 1 spiro atoms. The van der Waals surface area contributed by atoms with E-state index in [0.29, 0.717) is 38.0 Å². The first-order chi connectivity index (χ1) is 9.60. The minimum absolute atomic E-state index is 0. The Hall–Kier alpha value is -1.58. The van der Waals surface area contributed by atoms with Crippen molar-refractivity contribution >= 4 is 17.9 Å². The molecule has 2 aliphatic rings. The van der Waals surface area contributed by atoms with Crippen LogP contribution in [0.15, 0.2) is 18.3 Å². The third-order valence-corrected chi connectivity index (χ3v) is 4.04. The number of carbonyl (C=O) groups excluding carboxylic acids is 2. The first-order valence-electron chi connectivity index (χ1n) is 6.59. The van der Waals surface area contributed by atoms with Crippen molar-refractivity contribution in [2.24, 2.45) is 5.92 Å². The van der Waals surface area contributed by atoms with Gasteiger partial charge < -0.3 is 14.6 Å². The van der Waals surface area contributed by atoms with Crippen molar-refractivity contribution in [3.63, 3.8) is 0 Å². The molecule has 1 aliphatic carbocycles. The van der Waals surface area contributed by atoms with Gasteiger partial charge in [0.05, 0.1) is 6.54 Å². The summed E-state index contributed by atoms with van der Waals surface area (Å²) in [6.07, 6.45) is 3.11. The second-order valence-electron chi connectivity index (χ2n) is 5.31. The molecule has 0 radical (unpaired) electrons. The molecule has 1 saturated heterocycles. The van der Waals surface area contributed by atoms with Crippen molar-refractivity contribution in [3.05, 3.63) is 18.3 Å². The fourth-order valence-corrected chi connectivity index (χ4v) is 2.88. The topological polar surface area (TPSA) is 95.5 Å². The van der Waals surface area contributed by atoms with Gasteiger partial charge in [0.25, 0.3) is 0 Å². The first-order valence-corrected chi connectivity index (χ1v) is 6.59. The SMILES string of the molecule is O=C1O[C@]2(CC[C@H](C(=O)[O-])CC2)CN1c1cccnn1.[Li+]. The minimum Gasteiger partial charge on any atom is -0.550 e. The number of carboxylic acids is 1. The molecule has 1 aromatic heterocycles. The summed E-state index contributed by atoms with van der Waals surface area (Å²) < 4.78 is 5.49. The fourth-order valence-electron chi connectivity index (χ4n) is 2.88. The maximum absolute atomic E-state index is 12.0. The van der Waals surface area contributed by atoms with Gasteiger partial charge in [-0.25, -0.2) is 4.79 Å². The number of nitrogens with zero attached hydrogens (tertiary/aromatic N) is 3. The molecule has 0 bridgehead atoms. The second kappa shape index (κ2) is 6.04. The summed E-state index contributed by atoms with van der Waals surface area (Å²) in [5, 5.41) is 18.5. The molecule has 21 heavy (non-hydrogen) atoms. The van der Waals surface area contributed by atoms with E-state index in [1.54, 1.807) is 12.1 Å². The van der Waals surface area contributed by atoms with E-state index in [2.05, 4.69) is 10.2 Å². The van der Waals surface area contributed by atoms with Crippen LogP contribution < -0.4 is 28.9 Å². The maximum atomic E-state index is 12.0. The summed E-state index contributed by atoms with van der Waals surface area (Å²) in [4.78, 5) is 24.3. The maximum Gasteiger partial charge on any atom is 1.00 e. The van der Waals surface area contributed by atoms with Gasteiger partial charge in [0, 0.05) is 12.2 Å². The Morgan fingerprint density at radius 3 is 2.71 bits per heavy atom. The van der Waals surface area contributed by atoms with Crippen LogP contribution in [-0.4, -0.2) is 34.4 Å². The number of hydrogen-bond acceptors (Lipinski definition) is 6. The van der Waals surface area contributed by atoms with Gasteiger partial charge in [-0.05, 0) is 43.7 Å². The summed E-state index contributed by atoms with van der Waals surface area (Å²) in [5.41, 5.74) is -0.597. The molecule has 3 rings (SSSR count). The van der Waals surface area contributed by atoms with E-state index >= 15 is 0 Å². The third-order valence-electron chi connectivity index (χ3n) is 4.04. The van der Waals surface area contributed by atoms with Crippen LogP contribution in [0.4, 0.5) is 10.6 Å². The molecule has 1 aliphatic heterocycles. The first kappa shape index (κ1) is 15.8. The van der Waals surface area contributed by atoms with Crippen LogP contribution in [0, 0.1) is 5.92 Å². The zero-order valence-corrected chi connectivity index (χ0v) is 11.8. The molecular formula is C13H14LiN3O4. The monoisotopic (exact) mass is 283 g/mol. The summed E-state index contributed by atoms with van der Waals surface area (Å²) in [6.45, 7) is 0.393. The zero-order chi connectivity index (χ0) is 14.2. The van der Waals surface area contributed by atoms with E-state index in [4.69, 9.17) is 4.74 Å². The Morgan fingerprint density at radius 2 is 2.14 bits per heavy atom. The average molecular weight is 283 g/mol. The number of carboxylic acid groups (broad SMARTS) is 1. The molecule has 0 unspecified atom stereocenters. The fraction of sp³-hybridized carbons (Fsp3) is 0.538. The van der Waals surface area contributed by atoms with Gasteiger partial charge in [-0.2, -0.15) is 5.10 Å². The number of aromatic nitrogens is 2. The normalized spacial score (nSPS) is 28.1. The van der Waals surface area contributed by atoms with Crippen LogP contribution in [0.5, 0.6) is 0 Å². The van der Waals surface area contributed by atoms with Gasteiger partial charge in [0.15, 0.2) is 5.82 Å². The predicted octanol–water partition coefficient (Wildman–Crippen LogP) is -2.88. The van der Waals surface area contributed by atoms with E-state index in [1.807, 2.05) is 0 Å². The Labute approximate surface area is 133 Å². The molecule has 1 amide bonds.